The van der Waals surface area contributed by atoms with Crippen molar-refractivity contribution in [2.24, 2.45) is 0 Å². The van der Waals surface area contributed by atoms with E-state index >= 15 is 0 Å². The van der Waals surface area contributed by atoms with E-state index in [1.54, 1.807) is 19.1 Å². The molecule has 10 heavy (non-hydrogen) atoms. The SMILES string of the molecule is CC1=CC=C(C#N)CN1O. The van der Waals surface area contributed by atoms with Crippen molar-refractivity contribution < 1.29 is 5.21 Å². The van der Waals surface area contributed by atoms with E-state index in [1.807, 2.05) is 6.07 Å². The zero-order valence-electron chi connectivity index (χ0n) is 5.70. The molecular formula is C7H8N2O. The summed E-state index contributed by atoms with van der Waals surface area (Å²) in [5, 5.41) is 18.5. The molecule has 0 aliphatic carbocycles. The molecule has 1 rings (SSSR count). The number of allylic oxidation sites excluding steroid dienone is 3. The maximum atomic E-state index is 9.05. The topological polar surface area (TPSA) is 47.3 Å². The minimum atomic E-state index is 0.304. The molecule has 3 nitrogen and oxygen atoms in total. The summed E-state index contributed by atoms with van der Waals surface area (Å²) in [4.78, 5) is 0. The lowest BCUT2D eigenvalue weighted by Gasteiger charge is -2.19. The Morgan fingerprint density at radius 2 is 2.40 bits per heavy atom. The van der Waals surface area contributed by atoms with E-state index in [4.69, 9.17) is 10.5 Å². The number of hydrogen-bond acceptors (Lipinski definition) is 3. The van der Waals surface area contributed by atoms with Crippen LogP contribution in [0.5, 0.6) is 0 Å². The minimum absolute atomic E-state index is 0.304. The highest BCUT2D eigenvalue weighted by Gasteiger charge is 2.07. The van der Waals surface area contributed by atoms with Crippen molar-refractivity contribution >= 4 is 0 Å². The number of hydrogen-bond donors (Lipinski definition) is 1. The molecule has 0 aromatic carbocycles. The van der Waals surface area contributed by atoms with Gasteiger partial charge < -0.3 is 0 Å². The number of nitrogens with zero attached hydrogens (tertiary/aromatic N) is 2. The van der Waals surface area contributed by atoms with Crippen LogP contribution in [0.25, 0.3) is 0 Å². The van der Waals surface area contributed by atoms with Gasteiger partial charge in [0.25, 0.3) is 0 Å². The lowest BCUT2D eigenvalue weighted by molar-refractivity contribution is -0.0466. The normalized spacial score (nSPS) is 17.5. The van der Waals surface area contributed by atoms with Crippen LogP contribution in [-0.2, 0) is 0 Å². The van der Waals surface area contributed by atoms with Crippen LogP contribution in [0, 0.1) is 11.3 Å². The van der Waals surface area contributed by atoms with Gasteiger partial charge in [0.1, 0.15) is 0 Å². The standard InChI is InChI=1S/C7H8N2O/c1-6-2-3-7(4-8)5-9(6)10/h2-3,10H,5H2,1H3. The van der Waals surface area contributed by atoms with Crippen LogP contribution >= 0.6 is 0 Å². The van der Waals surface area contributed by atoms with Crippen LogP contribution in [0.15, 0.2) is 23.4 Å². The Hall–Kier alpha value is -1.27. The van der Waals surface area contributed by atoms with Gasteiger partial charge in [-0.05, 0) is 19.1 Å². The fourth-order valence-electron chi connectivity index (χ4n) is 0.719. The molecule has 1 heterocycles. The molecule has 0 amide bonds. The molecule has 0 saturated carbocycles. The summed E-state index contributed by atoms with van der Waals surface area (Å²) in [7, 11) is 0. The summed E-state index contributed by atoms with van der Waals surface area (Å²) < 4.78 is 0. The van der Waals surface area contributed by atoms with Gasteiger partial charge in [-0.3, -0.25) is 10.3 Å². The Morgan fingerprint density at radius 3 is 2.90 bits per heavy atom. The largest absolute Gasteiger partial charge is 0.288 e. The zero-order chi connectivity index (χ0) is 7.56. The molecule has 0 spiro atoms. The molecule has 0 unspecified atom stereocenters. The van der Waals surface area contributed by atoms with Gasteiger partial charge in [0.2, 0.25) is 0 Å². The average Bonchev–Trinajstić information content (AvgIpc) is 1.95. The van der Waals surface area contributed by atoms with Crippen LogP contribution < -0.4 is 0 Å². The Kier molecular flexibility index (Phi) is 1.74. The van der Waals surface area contributed by atoms with Gasteiger partial charge in [0.15, 0.2) is 0 Å². The average molecular weight is 136 g/mol. The zero-order valence-corrected chi connectivity index (χ0v) is 5.70. The maximum absolute atomic E-state index is 9.05. The highest BCUT2D eigenvalue weighted by molar-refractivity contribution is 5.31. The Balaban J connectivity index is 2.81. The molecule has 0 aromatic rings. The molecule has 1 aliphatic heterocycles. The predicted molar refractivity (Wildman–Crippen MR) is 35.9 cm³/mol. The smallest absolute Gasteiger partial charge is 0.0967 e. The fourth-order valence-corrected chi connectivity index (χ4v) is 0.719. The monoisotopic (exact) mass is 136 g/mol. The van der Waals surface area contributed by atoms with Crippen LogP contribution in [0.2, 0.25) is 0 Å². The minimum Gasteiger partial charge on any atom is -0.288 e. The van der Waals surface area contributed by atoms with Gasteiger partial charge in [0.05, 0.1) is 18.2 Å². The van der Waals surface area contributed by atoms with Crippen molar-refractivity contribution in [1.29, 1.82) is 5.26 Å². The summed E-state index contributed by atoms with van der Waals surface area (Å²) in [6.45, 7) is 2.09. The first-order valence-electron chi connectivity index (χ1n) is 2.98. The van der Waals surface area contributed by atoms with Crippen molar-refractivity contribution in [3.63, 3.8) is 0 Å². The van der Waals surface area contributed by atoms with Crippen molar-refractivity contribution in [2.75, 3.05) is 6.54 Å². The predicted octanol–water partition coefficient (Wildman–Crippen LogP) is 1.04. The van der Waals surface area contributed by atoms with E-state index in [0.717, 1.165) is 10.8 Å². The molecule has 0 bridgehead atoms. The molecule has 0 atom stereocenters. The lowest BCUT2D eigenvalue weighted by atomic mass is 10.2. The van der Waals surface area contributed by atoms with E-state index in [0.29, 0.717) is 12.1 Å². The molecule has 0 radical (unpaired) electrons. The second-order valence-electron chi connectivity index (χ2n) is 2.17. The summed E-state index contributed by atoms with van der Waals surface area (Å²) in [5.74, 6) is 0. The summed E-state index contributed by atoms with van der Waals surface area (Å²) in [6.07, 6.45) is 3.42. The summed E-state index contributed by atoms with van der Waals surface area (Å²) in [6, 6.07) is 1.97. The molecule has 0 saturated heterocycles. The number of nitriles is 1. The molecular weight excluding hydrogens is 128 g/mol. The molecule has 3 heteroatoms. The lowest BCUT2D eigenvalue weighted by Crippen LogP contribution is -2.21. The van der Waals surface area contributed by atoms with E-state index in [9.17, 15) is 0 Å². The number of hydroxylamine groups is 2. The van der Waals surface area contributed by atoms with E-state index in [-0.39, 0.29) is 0 Å². The third kappa shape index (κ3) is 1.17. The summed E-state index contributed by atoms with van der Waals surface area (Å²) in [5.41, 5.74) is 1.34. The van der Waals surface area contributed by atoms with Crippen LogP contribution in [0.4, 0.5) is 0 Å². The molecule has 0 fully saturated rings. The van der Waals surface area contributed by atoms with Crippen molar-refractivity contribution in [3.05, 3.63) is 23.4 Å². The van der Waals surface area contributed by atoms with E-state index < -0.39 is 0 Å². The quantitative estimate of drug-likeness (QED) is 0.541. The Morgan fingerprint density at radius 1 is 1.70 bits per heavy atom. The third-order valence-electron chi connectivity index (χ3n) is 1.40. The Labute approximate surface area is 59.4 Å². The first-order chi connectivity index (χ1) is 4.74. The Bertz CT molecular complexity index is 234. The first-order valence-corrected chi connectivity index (χ1v) is 2.98. The third-order valence-corrected chi connectivity index (χ3v) is 1.40. The van der Waals surface area contributed by atoms with Crippen molar-refractivity contribution in [2.45, 2.75) is 6.92 Å². The van der Waals surface area contributed by atoms with Gasteiger partial charge in [-0.2, -0.15) is 5.26 Å². The first kappa shape index (κ1) is 6.84. The van der Waals surface area contributed by atoms with Gasteiger partial charge in [-0.1, -0.05) is 0 Å². The maximum Gasteiger partial charge on any atom is 0.0967 e. The van der Waals surface area contributed by atoms with Crippen LogP contribution in [-0.4, -0.2) is 16.8 Å². The highest BCUT2D eigenvalue weighted by Crippen LogP contribution is 2.10. The van der Waals surface area contributed by atoms with Crippen LogP contribution in [0.3, 0.4) is 0 Å². The van der Waals surface area contributed by atoms with Gasteiger partial charge >= 0.3 is 0 Å². The summed E-state index contributed by atoms with van der Waals surface area (Å²) >= 11 is 0. The van der Waals surface area contributed by atoms with Crippen molar-refractivity contribution in [3.8, 4) is 6.07 Å². The van der Waals surface area contributed by atoms with E-state index in [1.165, 1.54) is 0 Å². The van der Waals surface area contributed by atoms with Gasteiger partial charge in [-0.15, -0.1) is 0 Å². The van der Waals surface area contributed by atoms with Crippen LogP contribution in [0.1, 0.15) is 6.92 Å². The molecule has 52 valence electrons. The van der Waals surface area contributed by atoms with E-state index in [2.05, 4.69) is 0 Å². The second kappa shape index (κ2) is 2.54. The second-order valence-corrected chi connectivity index (χ2v) is 2.17. The highest BCUT2D eigenvalue weighted by atomic mass is 16.5. The molecule has 1 aliphatic rings. The molecule has 0 aromatic heterocycles. The fraction of sp³-hybridized carbons (Fsp3) is 0.286. The van der Waals surface area contributed by atoms with Gasteiger partial charge in [-0.25, -0.2) is 0 Å². The van der Waals surface area contributed by atoms with Gasteiger partial charge in [0, 0.05) is 5.70 Å². The number of rotatable bonds is 0. The molecule has 1 N–H and O–H groups in total. The van der Waals surface area contributed by atoms with Crippen molar-refractivity contribution in [1.82, 2.24) is 5.06 Å².